The topological polar surface area (TPSA) is 81.2 Å². The molecule has 0 atom stereocenters. The Morgan fingerprint density at radius 1 is 1.30 bits per heavy atom. The van der Waals surface area contributed by atoms with Gasteiger partial charge in [-0.1, -0.05) is 13.8 Å². The summed E-state index contributed by atoms with van der Waals surface area (Å²) in [6, 6.07) is 3.10. The van der Waals surface area contributed by atoms with E-state index >= 15 is 0 Å². The fourth-order valence-corrected chi connectivity index (χ4v) is 3.85. The molecule has 2 aromatic rings. The fourth-order valence-electron chi connectivity index (χ4n) is 2.34. The molecule has 0 radical (unpaired) electrons. The standard InChI is InChI=1S/C13H20N4O2S/c1-5-17(6-2)20(18,19)10-7-11(14)13-12(8-10)15-9(3)16(13)4/h7-8H,5-6,14H2,1-4H3. The van der Waals surface area contributed by atoms with Gasteiger partial charge in [-0.2, -0.15) is 4.31 Å². The summed E-state index contributed by atoms with van der Waals surface area (Å²) in [6.07, 6.45) is 0. The van der Waals surface area contributed by atoms with Crippen molar-refractivity contribution in [3.63, 3.8) is 0 Å². The highest BCUT2D eigenvalue weighted by atomic mass is 32.2. The van der Waals surface area contributed by atoms with Crippen molar-refractivity contribution < 1.29 is 8.42 Å². The molecule has 0 bridgehead atoms. The number of fused-ring (bicyclic) bond motifs is 1. The van der Waals surface area contributed by atoms with Gasteiger partial charge in [-0.05, 0) is 19.1 Å². The minimum Gasteiger partial charge on any atom is -0.397 e. The number of anilines is 1. The third kappa shape index (κ3) is 2.16. The average Bonchev–Trinajstić information content (AvgIpc) is 2.66. The number of aryl methyl sites for hydroxylation is 2. The molecule has 0 aliphatic carbocycles. The quantitative estimate of drug-likeness (QED) is 0.867. The normalized spacial score (nSPS) is 12.4. The molecular weight excluding hydrogens is 276 g/mol. The van der Waals surface area contributed by atoms with Gasteiger partial charge in [0.05, 0.1) is 21.6 Å². The first-order valence-electron chi connectivity index (χ1n) is 6.55. The van der Waals surface area contributed by atoms with E-state index in [0.717, 1.165) is 11.3 Å². The zero-order chi connectivity index (χ0) is 15.1. The zero-order valence-corrected chi connectivity index (χ0v) is 13.0. The molecule has 0 unspecified atom stereocenters. The Kier molecular flexibility index (Phi) is 3.75. The van der Waals surface area contributed by atoms with E-state index in [4.69, 9.17) is 5.73 Å². The van der Waals surface area contributed by atoms with Crippen LogP contribution in [-0.2, 0) is 17.1 Å². The fraction of sp³-hybridized carbons (Fsp3) is 0.462. The molecule has 0 saturated carbocycles. The van der Waals surface area contributed by atoms with Crippen LogP contribution in [0.15, 0.2) is 17.0 Å². The smallest absolute Gasteiger partial charge is 0.243 e. The summed E-state index contributed by atoms with van der Waals surface area (Å²) in [5.41, 5.74) is 7.81. The Hall–Kier alpha value is -1.60. The van der Waals surface area contributed by atoms with E-state index in [1.165, 1.54) is 10.4 Å². The van der Waals surface area contributed by atoms with Gasteiger partial charge in [-0.3, -0.25) is 0 Å². The molecule has 6 nitrogen and oxygen atoms in total. The van der Waals surface area contributed by atoms with Crippen LogP contribution in [0.3, 0.4) is 0 Å². The Balaban J connectivity index is 2.68. The molecule has 0 saturated heterocycles. The molecule has 2 rings (SSSR count). The number of aromatic nitrogens is 2. The SMILES string of the molecule is CCN(CC)S(=O)(=O)c1cc(N)c2c(c1)nc(C)n2C. The van der Waals surface area contributed by atoms with Gasteiger partial charge in [0.1, 0.15) is 5.82 Å². The summed E-state index contributed by atoms with van der Waals surface area (Å²) in [5.74, 6) is 0.795. The molecule has 7 heteroatoms. The summed E-state index contributed by atoms with van der Waals surface area (Å²) in [4.78, 5) is 4.56. The predicted molar refractivity (Wildman–Crippen MR) is 80.0 cm³/mol. The first kappa shape index (κ1) is 14.8. The van der Waals surface area contributed by atoms with Crippen LogP contribution >= 0.6 is 0 Å². The Morgan fingerprint density at radius 2 is 1.90 bits per heavy atom. The number of rotatable bonds is 4. The molecule has 20 heavy (non-hydrogen) atoms. The summed E-state index contributed by atoms with van der Waals surface area (Å²) in [7, 11) is -1.65. The Morgan fingerprint density at radius 3 is 2.45 bits per heavy atom. The van der Waals surface area contributed by atoms with Gasteiger partial charge in [-0.25, -0.2) is 13.4 Å². The van der Waals surface area contributed by atoms with E-state index in [-0.39, 0.29) is 4.90 Å². The molecule has 1 aromatic heterocycles. The second-order valence-electron chi connectivity index (χ2n) is 4.69. The molecule has 110 valence electrons. The number of benzene rings is 1. The predicted octanol–water partition coefficient (Wildman–Crippen LogP) is 1.49. The highest BCUT2D eigenvalue weighted by Gasteiger charge is 2.23. The molecule has 0 aliphatic heterocycles. The molecule has 0 spiro atoms. The van der Waals surface area contributed by atoms with Gasteiger partial charge in [0.25, 0.3) is 0 Å². The first-order chi connectivity index (χ1) is 9.32. The number of hydrogen-bond donors (Lipinski definition) is 1. The number of hydrogen-bond acceptors (Lipinski definition) is 4. The second-order valence-corrected chi connectivity index (χ2v) is 6.63. The third-order valence-electron chi connectivity index (χ3n) is 3.54. The Bertz CT molecular complexity index is 745. The maximum absolute atomic E-state index is 12.5. The number of nitrogens with two attached hydrogens (primary N) is 1. The van der Waals surface area contributed by atoms with Crippen LogP contribution in [0.25, 0.3) is 11.0 Å². The summed E-state index contributed by atoms with van der Waals surface area (Å²) >= 11 is 0. The van der Waals surface area contributed by atoms with Crippen LogP contribution in [0.4, 0.5) is 5.69 Å². The van der Waals surface area contributed by atoms with E-state index in [9.17, 15) is 8.42 Å². The van der Waals surface area contributed by atoms with Crippen LogP contribution in [0.5, 0.6) is 0 Å². The largest absolute Gasteiger partial charge is 0.397 e. The number of imidazole rings is 1. The van der Waals surface area contributed by atoms with Gasteiger partial charge < -0.3 is 10.3 Å². The molecular formula is C13H20N4O2S. The lowest BCUT2D eigenvalue weighted by molar-refractivity contribution is 0.445. The molecule has 0 amide bonds. The molecule has 0 aliphatic rings. The minimum atomic E-state index is -3.51. The van der Waals surface area contributed by atoms with Crippen molar-refractivity contribution in [1.29, 1.82) is 0 Å². The maximum atomic E-state index is 12.5. The second kappa shape index (κ2) is 5.06. The minimum absolute atomic E-state index is 0.198. The van der Waals surface area contributed by atoms with Crippen LogP contribution in [0, 0.1) is 6.92 Å². The number of nitrogens with zero attached hydrogens (tertiary/aromatic N) is 3. The molecule has 1 heterocycles. The average molecular weight is 296 g/mol. The van der Waals surface area contributed by atoms with E-state index in [1.54, 1.807) is 6.07 Å². The first-order valence-corrected chi connectivity index (χ1v) is 7.99. The van der Waals surface area contributed by atoms with Gasteiger partial charge >= 0.3 is 0 Å². The van der Waals surface area contributed by atoms with Crippen molar-refractivity contribution in [2.45, 2.75) is 25.7 Å². The van der Waals surface area contributed by atoms with Crippen LogP contribution < -0.4 is 5.73 Å². The van der Waals surface area contributed by atoms with Crippen molar-refractivity contribution in [1.82, 2.24) is 13.9 Å². The third-order valence-corrected chi connectivity index (χ3v) is 5.57. The lowest BCUT2D eigenvalue weighted by atomic mass is 10.3. The summed E-state index contributed by atoms with van der Waals surface area (Å²) in [6.45, 7) is 6.34. The van der Waals surface area contributed by atoms with Crippen molar-refractivity contribution in [3.8, 4) is 0 Å². The van der Waals surface area contributed by atoms with Crippen molar-refractivity contribution in [3.05, 3.63) is 18.0 Å². The molecule has 1 aromatic carbocycles. The number of sulfonamides is 1. The Labute approximate surface area is 119 Å². The highest BCUT2D eigenvalue weighted by Crippen LogP contribution is 2.27. The van der Waals surface area contributed by atoms with Crippen molar-refractivity contribution >= 4 is 26.7 Å². The van der Waals surface area contributed by atoms with Crippen LogP contribution in [-0.4, -0.2) is 35.4 Å². The zero-order valence-electron chi connectivity index (χ0n) is 12.2. The lowest BCUT2D eigenvalue weighted by Gasteiger charge is -2.18. The van der Waals surface area contributed by atoms with Gasteiger partial charge in [0, 0.05) is 20.1 Å². The van der Waals surface area contributed by atoms with E-state index in [0.29, 0.717) is 24.3 Å². The van der Waals surface area contributed by atoms with Gasteiger partial charge in [-0.15, -0.1) is 0 Å². The lowest BCUT2D eigenvalue weighted by Crippen LogP contribution is -2.30. The van der Waals surface area contributed by atoms with Crippen molar-refractivity contribution in [2.24, 2.45) is 7.05 Å². The maximum Gasteiger partial charge on any atom is 0.243 e. The molecule has 0 fully saturated rings. The van der Waals surface area contributed by atoms with Crippen LogP contribution in [0.1, 0.15) is 19.7 Å². The van der Waals surface area contributed by atoms with E-state index < -0.39 is 10.0 Å². The monoisotopic (exact) mass is 296 g/mol. The van der Waals surface area contributed by atoms with E-state index in [1.807, 2.05) is 32.4 Å². The van der Waals surface area contributed by atoms with Gasteiger partial charge in [0.2, 0.25) is 10.0 Å². The highest BCUT2D eigenvalue weighted by molar-refractivity contribution is 7.89. The van der Waals surface area contributed by atoms with Crippen molar-refractivity contribution in [2.75, 3.05) is 18.8 Å². The summed E-state index contributed by atoms with van der Waals surface area (Å²) in [5, 5.41) is 0. The summed E-state index contributed by atoms with van der Waals surface area (Å²) < 4.78 is 28.3. The molecule has 2 N–H and O–H groups in total. The van der Waals surface area contributed by atoms with Gasteiger partial charge in [0.15, 0.2) is 0 Å². The van der Waals surface area contributed by atoms with E-state index in [2.05, 4.69) is 4.98 Å². The van der Waals surface area contributed by atoms with Crippen LogP contribution in [0.2, 0.25) is 0 Å². The number of nitrogen functional groups attached to an aromatic ring is 1.